The van der Waals surface area contributed by atoms with Crippen molar-refractivity contribution in [1.82, 2.24) is 15.2 Å². The van der Waals surface area contributed by atoms with Crippen LogP contribution in [0.1, 0.15) is 55.4 Å². The van der Waals surface area contributed by atoms with E-state index in [9.17, 15) is 14.4 Å². The van der Waals surface area contributed by atoms with Gasteiger partial charge in [0.1, 0.15) is 5.69 Å². The SMILES string of the molecule is O=C(NC1CCCCC1)C(=O)N1CCCC1C(=O)c1ccc2ccccc2n1. The van der Waals surface area contributed by atoms with Gasteiger partial charge >= 0.3 is 11.8 Å². The Hall–Kier alpha value is -2.76. The number of likely N-dealkylation sites (tertiary alicyclic amines) is 1. The molecule has 2 heterocycles. The summed E-state index contributed by atoms with van der Waals surface area (Å²) in [7, 11) is 0. The lowest BCUT2D eigenvalue weighted by atomic mass is 9.95. The summed E-state index contributed by atoms with van der Waals surface area (Å²) in [5.41, 5.74) is 1.09. The Morgan fingerprint density at radius 3 is 2.54 bits per heavy atom. The topological polar surface area (TPSA) is 79.4 Å². The number of para-hydroxylation sites is 1. The van der Waals surface area contributed by atoms with Gasteiger partial charge in [0.25, 0.3) is 0 Å². The molecular formula is C22H25N3O3. The highest BCUT2D eigenvalue weighted by atomic mass is 16.2. The van der Waals surface area contributed by atoms with E-state index in [2.05, 4.69) is 10.3 Å². The zero-order valence-electron chi connectivity index (χ0n) is 15.9. The van der Waals surface area contributed by atoms with Crippen molar-refractivity contribution >= 4 is 28.5 Å². The number of fused-ring (bicyclic) bond motifs is 1. The van der Waals surface area contributed by atoms with E-state index >= 15 is 0 Å². The summed E-state index contributed by atoms with van der Waals surface area (Å²) in [6.07, 6.45) is 6.46. The highest BCUT2D eigenvalue weighted by Crippen LogP contribution is 2.23. The van der Waals surface area contributed by atoms with Crippen LogP contribution in [0, 0.1) is 0 Å². The number of benzene rings is 1. The second-order valence-corrected chi connectivity index (χ2v) is 7.72. The third-order valence-electron chi connectivity index (χ3n) is 5.80. The van der Waals surface area contributed by atoms with E-state index < -0.39 is 17.9 Å². The number of hydrogen-bond donors (Lipinski definition) is 1. The summed E-state index contributed by atoms with van der Waals surface area (Å²) in [6.45, 7) is 0.431. The predicted octanol–water partition coefficient (Wildman–Crippen LogP) is 2.86. The minimum Gasteiger partial charge on any atom is -0.345 e. The molecule has 1 unspecified atom stereocenters. The lowest BCUT2D eigenvalue weighted by Crippen LogP contribution is -2.50. The number of amides is 2. The molecule has 2 fully saturated rings. The summed E-state index contributed by atoms with van der Waals surface area (Å²) < 4.78 is 0. The quantitative estimate of drug-likeness (QED) is 0.657. The smallest absolute Gasteiger partial charge is 0.312 e. The third-order valence-corrected chi connectivity index (χ3v) is 5.80. The van der Waals surface area contributed by atoms with E-state index in [0.29, 0.717) is 25.1 Å². The van der Waals surface area contributed by atoms with E-state index in [-0.39, 0.29) is 11.8 Å². The van der Waals surface area contributed by atoms with Gasteiger partial charge in [-0.2, -0.15) is 0 Å². The molecule has 6 nitrogen and oxygen atoms in total. The van der Waals surface area contributed by atoms with Crippen LogP contribution in [0.4, 0.5) is 0 Å². The fraction of sp³-hybridized carbons (Fsp3) is 0.455. The van der Waals surface area contributed by atoms with Crippen LogP contribution in [0.2, 0.25) is 0 Å². The molecule has 1 atom stereocenters. The van der Waals surface area contributed by atoms with Gasteiger partial charge in [0, 0.05) is 18.0 Å². The zero-order valence-corrected chi connectivity index (χ0v) is 15.9. The molecule has 1 aliphatic carbocycles. The number of rotatable bonds is 3. The second kappa shape index (κ2) is 8.09. The average Bonchev–Trinajstić information content (AvgIpc) is 3.22. The molecule has 2 amide bonds. The van der Waals surface area contributed by atoms with Crippen LogP contribution >= 0.6 is 0 Å². The molecule has 1 aliphatic heterocycles. The van der Waals surface area contributed by atoms with Crippen LogP contribution in [0.3, 0.4) is 0 Å². The largest absolute Gasteiger partial charge is 0.345 e. The second-order valence-electron chi connectivity index (χ2n) is 7.72. The van der Waals surface area contributed by atoms with Crippen LogP contribution in [-0.4, -0.2) is 46.1 Å². The molecule has 0 bridgehead atoms. The van der Waals surface area contributed by atoms with Gasteiger partial charge in [-0.05, 0) is 37.8 Å². The van der Waals surface area contributed by atoms with Gasteiger partial charge in [0.2, 0.25) is 5.78 Å². The van der Waals surface area contributed by atoms with E-state index in [4.69, 9.17) is 0 Å². The Balaban J connectivity index is 1.47. The van der Waals surface area contributed by atoms with Crippen LogP contribution in [0.15, 0.2) is 36.4 Å². The molecule has 1 N–H and O–H groups in total. The van der Waals surface area contributed by atoms with Crippen LogP contribution < -0.4 is 5.32 Å². The van der Waals surface area contributed by atoms with Crippen molar-refractivity contribution in [3.8, 4) is 0 Å². The maximum Gasteiger partial charge on any atom is 0.312 e. The van der Waals surface area contributed by atoms with Gasteiger partial charge in [-0.3, -0.25) is 14.4 Å². The molecule has 28 heavy (non-hydrogen) atoms. The van der Waals surface area contributed by atoms with Crippen molar-refractivity contribution in [3.63, 3.8) is 0 Å². The zero-order chi connectivity index (χ0) is 19.5. The number of aromatic nitrogens is 1. The monoisotopic (exact) mass is 379 g/mol. The number of nitrogens with one attached hydrogen (secondary N) is 1. The van der Waals surface area contributed by atoms with Crippen molar-refractivity contribution in [2.75, 3.05) is 6.54 Å². The first-order valence-corrected chi connectivity index (χ1v) is 10.1. The molecule has 2 aromatic rings. The molecule has 4 rings (SSSR count). The normalized spacial score (nSPS) is 20.3. The Morgan fingerprint density at radius 2 is 1.71 bits per heavy atom. The average molecular weight is 379 g/mol. The fourth-order valence-corrected chi connectivity index (χ4v) is 4.28. The van der Waals surface area contributed by atoms with E-state index in [0.717, 1.165) is 36.6 Å². The highest BCUT2D eigenvalue weighted by molar-refractivity contribution is 6.35. The van der Waals surface area contributed by atoms with Gasteiger partial charge in [-0.1, -0.05) is 43.5 Å². The number of carbonyl (C=O) groups is 3. The minimum absolute atomic E-state index is 0.0732. The van der Waals surface area contributed by atoms with Crippen molar-refractivity contribution in [1.29, 1.82) is 0 Å². The fourth-order valence-electron chi connectivity index (χ4n) is 4.28. The number of hydrogen-bond acceptors (Lipinski definition) is 4. The Kier molecular flexibility index (Phi) is 5.37. The van der Waals surface area contributed by atoms with Crippen LogP contribution in [0.5, 0.6) is 0 Å². The summed E-state index contributed by atoms with van der Waals surface area (Å²) in [5, 5.41) is 3.83. The molecule has 0 radical (unpaired) electrons. The Labute approximate surface area is 164 Å². The first kappa shape index (κ1) is 18.6. The summed E-state index contributed by atoms with van der Waals surface area (Å²) in [6, 6.07) is 10.6. The first-order valence-electron chi connectivity index (χ1n) is 10.1. The maximum absolute atomic E-state index is 13.0. The summed E-state index contributed by atoms with van der Waals surface area (Å²) in [5.74, 6) is -1.37. The predicted molar refractivity (Wildman–Crippen MR) is 106 cm³/mol. The van der Waals surface area contributed by atoms with Crippen molar-refractivity contribution in [2.45, 2.75) is 57.0 Å². The van der Waals surface area contributed by atoms with Gasteiger partial charge < -0.3 is 10.2 Å². The van der Waals surface area contributed by atoms with Gasteiger partial charge in [-0.15, -0.1) is 0 Å². The molecule has 1 aromatic carbocycles. The molecule has 1 saturated heterocycles. The maximum atomic E-state index is 13.0. The van der Waals surface area contributed by atoms with E-state index in [1.165, 1.54) is 11.3 Å². The molecule has 1 aromatic heterocycles. The number of pyridine rings is 1. The first-order chi connectivity index (χ1) is 13.6. The molecule has 1 saturated carbocycles. The molecule has 0 spiro atoms. The van der Waals surface area contributed by atoms with E-state index in [1.54, 1.807) is 6.07 Å². The standard InChI is InChI=1S/C22H25N3O3/c26-20(18-13-12-15-7-4-5-10-17(15)24-18)19-11-6-14-25(19)22(28)21(27)23-16-8-2-1-3-9-16/h4-5,7,10,12-13,16,19H,1-3,6,8-9,11,14H2,(H,23,27). The number of ketones is 1. The lowest BCUT2D eigenvalue weighted by molar-refractivity contribution is -0.146. The van der Waals surface area contributed by atoms with Gasteiger partial charge in [0.15, 0.2) is 0 Å². The number of nitrogens with zero attached hydrogens (tertiary/aromatic N) is 2. The van der Waals surface area contributed by atoms with E-state index in [1.807, 2.05) is 30.3 Å². The van der Waals surface area contributed by atoms with Crippen molar-refractivity contribution in [2.24, 2.45) is 0 Å². The minimum atomic E-state index is -0.613. The van der Waals surface area contributed by atoms with Gasteiger partial charge in [0.05, 0.1) is 11.6 Å². The molecular weight excluding hydrogens is 354 g/mol. The highest BCUT2D eigenvalue weighted by Gasteiger charge is 2.38. The lowest BCUT2D eigenvalue weighted by Gasteiger charge is -2.26. The molecule has 6 heteroatoms. The van der Waals surface area contributed by atoms with Crippen LogP contribution in [-0.2, 0) is 9.59 Å². The molecule has 2 aliphatic rings. The van der Waals surface area contributed by atoms with Gasteiger partial charge in [-0.25, -0.2) is 4.98 Å². The molecule has 146 valence electrons. The number of carbonyl (C=O) groups excluding carboxylic acids is 3. The summed E-state index contributed by atoms with van der Waals surface area (Å²) in [4.78, 5) is 44.1. The van der Waals surface area contributed by atoms with Crippen LogP contribution in [0.25, 0.3) is 10.9 Å². The van der Waals surface area contributed by atoms with Crippen molar-refractivity contribution < 1.29 is 14.4 Å². The number of Topliss-reactive ketones (excluding diaryl/α,β-unsaturated/α-hetero) is 1. The summed E-state index contributed by atoms with van der Waals surface area (Å²) >= 11 is 0. The Morgan fingerprint density at radius 1 is 0.929 bits per heavy atom. The third kappa shape index (κ3) is 3.77. The Bertz CT molecular complexity index is 905. The van der Waals surface area contributed by atoms with Crippen molar-refractivity contribution in [3.05, 3.63) is 42.1 Å².